The molecule has 0 aliphatic rings. The average molecular weight is 276 g/mol. The number of hydrazone groups is 1. The quantitative estimate of drug-likeness (QED) is 0.518. The van der Waals surface area contributed by atoms with Gasteiger partial charge in [0.1, 0.15) is 0 Å². The topological polar surface area (TPSA) is 41.5 Å². The SMILES string of the molecule is O=C(CSc1ccccc1)N/N=C/c1cccs1. The summed E-state index contributed by atoms with van der Waals surface area (Å²) in [5.41, 5.74) is 2.51. The number of nitrogens with one attached hydrogen (secondary N) is 1. The van der Waals surface area contributed by atoms with Gasteiger partial charge in [0.05, 0.1) is 12.0 Å². The molecule has 0 bridgehead atoms. The summed E-state index contributed by atoms with van der Waals surface area (Å²) in [5.74, 6) is 0.267. The minimum atomic E-state index is -0.100. The zero-order valence-electron chi connectivity index (χ0n) is 9.58. The highest BCUT2D eigenvalue weighted by Gasteiger charge is 2.00. The third kappa shape index (κ3) is 4.35. The Balaban J connectivity index is 1.73. The average Bonchev–Trinajstić information content (AvgIpc) is 2.91. The van der Waals surface area contributed by atoms with Gasteiger partial charge in [-0.15, -0.1) is 23.1 Å². The van der Waals surface area contributed by atoms with Crippen molar-refractivity contribution in [1.82, 2.24) is 5.43 Å². The van der Waals surface area contributed by atoms with E-state index in [4.69, 9.17) is 0 Å². The summed E-state index contributed by atoms with van der Waals surface area (Å²) >= 11 is 3.07. The summed E-state index contributed by atoms with van der Waals surface area (Å²) < 4.78 is 0. The zero-order chi connectivity index (χ0) is 12.6. The van der Waals surface area contributed by atoms with Crippen LogP contribution < -0.4 is 5.43 Å². The second-order valence-corrected chi connectivity index (χ2v) is 5.44. The molecule has 0 saturated carbocycles. The van der Waals surface area contributed by atoms with Crippen molar-refractivity contribution in [3.63, 3.8) is 0 Å². The summed E-state index contributed by atoms with van der Waals surface area (Å²) in [5, 5.41) is 5.87. The maximum Gasteiger partial charge on any atom is 0.250 e. The van der Waals surface area contributed by atoms with Gasteiger partial charge in [0.15, 0.2) is 0 Å². The number of amides is 1. The summed E-state index contributed by atoms with van der Waals surface area (Å²) in [6, 6.07) is 13.7. The van der Waals surface area contributed by atoms with E-state index in [2.05, 4.69) is 10.5 Å². The molecular formula is C13H12N2OS2. The molecule has 5 heteroatoms. The highest BCUT2D eigenvalue weighted by molar-refractivity contribution is 8.00. The van der Waals surface area contributed by atoms with Crippen LogP contribution in [0.2, 0.25) is 0 Å². The number of carbonyl (C=O) groups excluding carboxylic acids is 1. The molecule has 92 valence electrons. The zero-order valence-corrected chi connectivity index (χ0v) is 11.2. The number of hydrogen-bond acceptors (Lipinski definition) is 4. The lowest BCUT2D eigenvalue weighted by atomic mass is 10.4. The first kappa shape index (κ1) is 12.9. The number of thioether (sulfide) groups is 1. The van der Waals surface area contributed by atoms with Gasteiger partial charge in [0.25, 0.3) is 0 Å². The molecule has 3 nitrogen and oxygen atoms in total. The molecule has 0 radical (unpaired) electrons. The van der Waals surface area contributed by atoms with E-state index in [0.717, 1.165) is 9.77 Å². The van der Waals surface area contributed by atoms with Crippen LogP contribution in [0.25, 0.3) is 0 Å². The Kier molecular flexibility index (Phi) is 4.99. The molecular weight excluding hydrogens is 264 g/mol. The van der Waals surface area contributed by atoms with Gasteiger partial charge in [0.2, 0.25) is 5.91 Å². The highest BCUT2D eigenvalue weighted by Crippen LogP contribution is 2.16. The van der Waals surface area contributed by atoms with E-state index in [0.29, 0.717) is 5.75 Å². The number of hydrogen-bond donors (Lipinski definition) is 1. The van der Waals surface area contributed by atoms with Gasteiger partial charge in [-0.25, -0.2) is 5.43 Å². The molecule has 0 saturated heterocycles. The van der Waals surface area contributed by atoms with Gasteiger partial charge < -0.3 is 0 Å². The Morgan fingerprint density at radius 1 is 1.28 bits per heavy atom. The van der Waals surface area contributed by atoms with Crippen molar-refractivity contribution in [3.05, 3.63) is 52.7 Å². The number of thiophene rings is 1. The Labute approximate surface area is 114 Å². The number of benzene rings is 1. The van der Waals surface area contributed by atoms with Gasteiger partial charge in [-0.05, 0) is 23.6 Å². The summed E-state index contributed by atoms with van der Waals surface area (Å²) in [6.45, 7) is 0. The normalized spacial score (nSPS) is 10.7. The van der Waals surface area contributed by atoms with E-state index < -0.39 is 0 Å². The lowest BCUT2D eigenvalue weighted by molar-refractivity contribution is -0.118. The monoisotopic (exact) mass is 276 g/mol. The van der Waals surface area contributed by atoms with Gasteiger partial charge in [-0.3, -0.25) is 4.79 Å². The van der Waals surface area contributed by atoms with Crippen molar-refractivity contribution in [2.75, 3.05) is 5.75 Å². The molecule has 18 heavy (non-hydrogen) atoms. The molecule has 1 heterocycles. The van der Waals surface area contributed by atoms with Crippen molar-refractivity contribution in [3.8, 4) is 0 Å². The Morgan fingerprint density at radius 2 is 2.11 bits per heavy atom. The van der Waals surface area contributed by atoms with E-state index >= 15 is 0 Å². The number of rotatable bonds is 5. The van der Waals surface area contributed by atoms with Crippen LogP contribution in [0.15, 0.2) is 57.8 Å². The molecule has 0 fully saturated rings. The minimum Gasteiger partial charge on any atom is -0.272 e. The Hall–Kier alpha value is -1.59. The molecule has 0 aliphatic heterocycles. The predicted octanol–water partition coefficient (Wildman–Crippen LogP) is 2.99. The van der Waals surface area contributed by atoms with Crippen LogP contribution in [0.1, 0.15) is 4.88 Å². The van der Waals surface area contributed by atoms with E-state index in [9.17, 15) is 4.79 Å². The lowest BCUT2D eigenvalue weighted by Crippen LogP contribution is -2.19. The Morgan fingerprint density at radius 3 is 2.83 bits per heavy atom. The molecule has 0 aliphatic carbocycles. The van der Waals surface area contributed by atoms with Gasteiger partial charge in [-0.2, -0.15) is 5.10 Å². The van der Waals surface area contributed by atoms with Crippen LogP contribution in [0.4, 0.5) is 0 Å². The van der Waals surface area contributed by atoms with Crippen molar-refractivity contribution in [1.29, 1.82) is 0 Å². The van der Waals surface area contributed by atoms with Crippen LogP contribution in [0, 0.1) is 0 Å². The Bertz CT molecular complexity index is 509. The summed E-state index contributed by atoms with van der Waals surface area (Å²) in [6.07, 6.45) is 1.65. The molecule has 0 spiro atoms. The van der Waals surface area contributed by atoms with Crippen LogP contribution in [-0.4, -0.2) is 17.9 Å². The molecule has 1 N–H and O–H groups in total. The largest absolute Gasteiger partial charge is 0.272 e. The lowest BCUT2D eigenvalue weighted by Gasteiger charge is -1.99. The van der Waals surface area contributed by atoms with E-state index in [1.54, 1.807) is 17.6 Å². The van der Waals surface area contributed by atoms with Crippen LogP contribution in [0.5, 0.6) is 0 Å². The maximum absolute atomic E-state index is 11.5. The van der Waals surface area contributed by atoms with E-state index in [-0.39, 0.29) is 5.91 Å². The summed E-state index contributed by atoms with van der Waals surface area (Å²) in [7, 11) is 0. The summed E-state index contributed by atoms with van der Waals surface area (Å²) in [4.78, 5) is 13.6. The van der Waals surface area contributed by atoms with Crippen LogP contribution in [-0.2, 0) is 4.79 Å². The fourth-order valence-corrected chi connectivity index (χ4v) is 2.53. The maximum atomic E-state index is 11.5. The number of carbonyl (C=O) groups is 1. The van der Waals surface area contributed by atoms with E-state index in [1.165, 1.54) is 11.8 Å². The third-order valence-electron chi connectivity index (χ3n) is 2.04. The molecule has 1 amide bonds. The minimum absolute atomic E-state index is 0.100. The van der Waals surface area contributed by atoms with Gasteiger partial charge in [-0.1, -0.05) is 24.3 Å². The third-order valence-corrected chi connectivity index (χ3v) is 3.86. The first-order valence-electron chi connectivity index (χ1n) is 5.38. The molecule has 0 atom stereocenters. The second-order valence-electron chi connectivity index (χ2n) is 3.41. The van der Waals surface area contributed by atoms with Gasteiger partial charge in [0, 0.05) is 9.77 Å². The van der Waals surface area contributed by atoms with Crippen molar-refractivity contribution >= 4 is 35.2 Å². The first-order chi connectivity index (χ1) is 8.84. The smallest absolute Gasteiger partial charge is 0.250 e. The van der Waals surface area contributed by atoms with Crippen molar-refractivity contribution in [2.24, 2.45) is 5.10 Å². The molecule has 2 rings (SSSR count). The van der Waals surface area contributed by atoms with Crippen molar-refractivity contribution in [2.45, 2.75) is 4.90 Å². The highest BCUT2D eigenvalue weighted by atomic mass is 32.2. The standard InChI is InChI=1S/C13H12N2OS2/c16-13(10-18-11-5-2-1-3-6-11)15-14-9-12-7-4-8-17-12/h1-9H,10H2,(H,15,16)/b14-9+. The molecule has 2 aromatic rings. The van der Waals surface area contributed by atoms with Crippen molar-refractivity contribution < 1.29 is 4.79 Å². The van der Waals surface area contributed by atoms with Crippen LogP contribution in [0.3, 0.4) is 0 Å². The van der Waals surface area contributed by atoms with E-state index in [1.807, 2.05) is 47.8 Å². The fourth-order valence-electron chi connectivity index (χ4n) is 1.23. The molecule has 1 aromatic carbocycles. The molecule has 0 unspecified atom stereocenters. The van der Waals surface area contributed by atoms with Gasteiger partial charge >= 0.3 is 0 Å². The predicted molar refractivity (Wildman–Crippen MR) is 77.2 cm³/mol. The fraction of sp³-hybridized carbons (Fsp3) is 0.0769. The molecule has 1 aromatic heterocycles. The van der Waals surface area contributed by atoms with Crippen LogP contribution >= 0.6 is 23.1 Å². The first-order valence-corrected chi connectivity index (χ1v) is 7.24. The number of nitrogens with zero attached hydrogens (tertiary/aromatic N) is 1. The second kappa shape index (κ2) is 6.98.